The number of carboxylic acids is 2. The van der Waals surface area contributed by atoms with E-state index in [1.54, 1.807) is 31.2 Å². The third kappa shape index (κ3) is 4.10. The van der Waals surface area contributed by atoms with Crippen LogP contribution < -0.4 is 0 Å². The first-order valence-corrected chi connectivity index (χ1v) is 7.10. The van der Waals surface area contributed by atoms with E-state index >= 15 is 0 Å². The minimum atomic E-state index is -0.929. The van der Waals surface area contributed by atoms with Gasteiger partial charge >= 0.3 is 11.9 Å². The van der Waals surface area contributed by atoms with Crippen LogP contribution in [-0.2, 0) is 11.2 Å². The Morgan fingerprint density at radius 3 is 2.14 bits per heavy atom. The van der Waals surface area contributed by atoms with Crippen LogP contribution in [0.2, 0.25) is 0 Å². The zero-order valence-corrected chi connectivity index (χ0v) is 12.2. The molecular weight excluding hydrogens is 288 g/mol. The third-order valence-electron chi connectivity index (χ3n) is 2.94. The smallest absolute Gasteiger partial charge is 0.335 e. The maximum Gasteiger partial charge on any atom is 0.335 e. The molecule has 4 nitrogen and oxygen atoms in total. The lowest BCUT2D eigenvalue weighted by Gasteiger charge is -2.06. The average molecular weight is 302 g/mol. The normalized spacial score (nSPS) is 10.3. The Morgan fingerprint density at radius 2 is 1.62 bits per heavy atom. The quantitative estimate of drug-likeness (QED) is 0.884. The van der Waals surface area contributed by atoms with Gasteiger partial charge < -0.3 is 10.2 Å². The summed E-state index contributed by atoms with van der Waals surface area (Å²) < 4.78 is 0. The fraction of sp³-hybridized carbons (Fsp3) is 0.125. The maximum absolute atomic E-state index is 11.0. The number of carboxylic acid groups (broad SMARTS) is 2. The summed E-state index contributed by atoms with van der Waals surface area (Å²) >= 11 is 1.51. The maximum atomic E-state index is 11.0. The van der Waals surface area contributed by atoms with Crippen LogP contribution in [0.25, 0.3) is 0 Å². The van der Waals surface area contributed by atoms with Crippen molar-refractivity contribution in [1.82, 2.24) is 0 Å². The van der Waals surface area contributed by atoms with Crippen molar-refractivity contribution in [3.8, 4) is 0 Å². The van der Waals surface area contributed by atoms with Crippen molar-refractivity contribution in [2.75, 3.05) is 0 Å². The Bertz CT molecular complexity index is 677. The molecule has 0 unspecified atom stereocenters. The molecule has 0 radical (unpaired) electrons. The van der Waals surface area contributed by atoms with Crippen molar-refractivity contribution in [2.24, 2.45) is 0 Å². The van der Waals surface area contributed by atoms with Gasteiger partial charge in [0.2, 0.25) is 0 Å². The zero-order chi connectivity index (χ0) is 15.4. The molecule has 0 saturated carbocycles. The lowest BCUT2D eigenvalue weighted by atomic mass is 10.1. The Hall–Kier alpha value is -2.27. The number of carbonyl (C=O) groups is 2. The van der Waals surface area contributed by atoms with Crippen molar-refractivity contribution in [1.29, 1.82) is 0 Å². The van der Waals surface area contributed by atoms with Crippen LogP contribution in [0, 0.1) is 6.92 Å². The summed E-state index contributed by atoms with van der Waals surface area (Å²) in [6.07, 6.45) is 0.0113. The second-order valence-electron chi connectivity index (χ2n) is 4.60. The average Bonchev–Trinajstić information content (AvgIpc) is 2.40. The SMILES string of the molecule is Cc1cc(Sc2ccc(CC(=O)O)cc2)ccc1C(=O)O. The van der Waals surface area contributed by atoms with Gasteiger partial charge in [0, 0.05) is 9.79 Å². The van der Waals surface area contributed by atoms with E-state index in [0.29, 0.717) is 5.56 Å². The standard InChI is InChI=1S/C16H14O4S/c1-10-8-13(6-7-14(10)16(19)20)21-12-4-2-11(3-5-12)9-15(17)18/h2-8H,9H2,1H3,(H,17,18)(H,19,20). The zero-order valence-electron chi connectivity index (χ0n) is 11.4. The van der Waals surface area contributed by atoms with E-state index < -0.39 is 11.9 Å². The first-order valence-electron chi connectivity index (χ1n) is 6.28. The molecule has 0 aliphatic heterocycles. The van der Waals surface area contributed by atoms with Gasteiger partial charge in [0.1, 0.15) is 0 Å². The van der Waals surface area contributed by atoms with Crippen molar-refractivity contribution in [2.45, 2.75) is 23.1 Å². The highest BCUT2D eigenvalue weighted by atomic mass is 32.2. The Morgan fingerprint density at radius 1 is 1.00 bits per heavy atom. The van der Waals surface area contributed by atoms with E-state index in [0.717, 1.165) is 20.9 Å². The summed E-state index contributed by atoms with van der Waals surface area (Å²) in [7, 11) is 0. The van der Waals surface area contributed by atoms with Gasteiger partial charge in [-0.2, -0.15) is 0 Å². The molecule has 108 valence electrons. The number of aliphatic carboxylic acids is 1. The van der Waals surface area contributed by atoms with Crippen molar-refractivity contribution in [3.05, 3.63) is 59.2 Å². The van der Waals surface area contributed by atoms with Gasteiger partial charge in [-0.05, 0) is 48.4 Å². The highest BCUT2D eigenvalue weighted by Gasteiger charge is 2.08. The number of rotatable bonds is 5. The number of hydrogen-bond acceptors (Lipinski definition) is 3. The van der Waals surface area contributed by atoms with Gasteiger partial charge in [0.05, 0.1) is 12.0 Å². The molecule has 0 aromatic heterocycles. The van der Waals surface area contributed by atoms with Crippen LogP contribution in [0.5, 0.6) is 0 Å². The van der Waals surface area contributed by atoms with Crippen LogP contribution in [0.1, 0.15) is 21.5 Å². The molecule has 0 spiro atoms. The van der Waals surface area contributed by atoms with Crippen molar-refractivity contribution < 1.29 is 19.8 Å². The molecule has 2 rings (SSSR count). The second kappa shape index (κ2) is 6.45. The Balaban J connectivity index is 2.13. The van der Waals surface area contributed by atoms with Gasteiger partial charge in [-0.3, -0.25) is 4.79 Å². The molecule has 0 amide bonds. The number of hydrogen-bond donors (Lipinski definition) is 2. The third-order valence-corrected chi connectivity index (χ3v) is 3.94. The molecule has 21 heavy (non-hydrogen) atoms. The van der Waals surface area contributed by atoms with E-state index in [2.05, 4.69) is 0 Å². The number of aryl methyl sites for hydroxylation is 1. The highest BCUT2D eigenvalue weighted by molar-refractivity contribution is 7.99. The van der Waals surface area contributed by atoms with Crippen LogP contribution in [-0.4, -0.2) is 22.2 Å². The van der Waals surface area contributed by atoms with E-state index in [-0.39, 0.29) is 6.42 Å². The summed E-state index contributed by atoms with van der Waals surface area (Å²) in [5.74, 6) is -1.78. The molecule has 0 atom stereocenters. The van der Waals surface area contributed by atoms with Crippen molar-refractivity contribution in [3.63, 3.8) is 0 Å². The largest absolute Gasteiger partial charge is 0.481 e. The molecule has 0 heterocycles. The lowest BCUT2D eigenvalue weighted by Crippen LogP contribution is -1.99. The summed E-state index contributed by atoms with van der Waals surface area (Å²) in [6, 6.07) is 12.5. The molecule has 0 aliphatic carbocycles. The first kappa shape index (κ1) is 15.1. The number of benzene rings is 2. The van der Waals surface area contributed by atoms with Gasteiger partial charge in [-0.1, -0.05) is 23.9 Å². The molecule has 2 N–H and O–H groups in total. The summed E-state index contributed by atoms with van der Waals surface area (Å²) in [4.78, 5) is 23.5. The second-order valence-corrected chi connectivity index (χ2v) is 5.75. The number of aromatic carboxylic acids is 1. The Labute approximate surface area is 126 Å². The van der Waals surface area contributed by atoms with E-state index in [1.165, 1.54) is 11.8 Å². The van der Waals surface area contributed by atoms with Gasteiger partial charge in [-0.15, -0.1) is 0 Å². The van der Waals surface area contributed by atoms with Crippen LogP contribution in [0.15, 0.2) is 52.3 Å². The molecule has 2 aromatic carbocycles. The minimum Gasteiger partial charge on any atom is -0.481 e. The molecule has 2 aromatic rings. The fourth-order valence-corrected chi connectivity index (χ4v) is 2.84. The molecule has 0 aliphatic rings. The molecule has 5 heteroatoms. The molecule has 0 saturated heterocycles. The van der Waals surface area contributed by atoms with Gasteiger partial charge in [0.15, 0.2) is 0 Å². The molecule has 0 fully saturated rings. The predicted molar refractivity (Wildman–Crippen MR) is 80.0 cm³/mol. The van der Waals surface area contributed by atoms with Gasteiger partial charge in [-0.25, -0.2) is 4.79 Å². The van der Waals surface area contributed by atoms with Crippen LogP contribution in [0.4, 0.5) is 0 Å². The lowest BCUT2D eigenvalue weighted by molar-refractivity contribution is -0.136. The van der Waals surface area contributed by atoms with E-state index in [4.69, 9.17) is 10.2 Å². The minimum absolute atomic E-state index is 0.0113. The topological polar surface area (TPSA) is 74.6 Å². The Kier molecular flexibility index (Phi) is 4.65. The van der Waals surface area contributed by atoms with Crippen molar-refractivity contribution >= 4 is 23.7 Å². The fourth-order valence-electron chi connectivity index (χ4n) is 1.93. The molecular formula is C16H14O4S. The first-order chi connectivity index (χ1) is 9.95. The van der Waals surface area contributed by atoms with E-state index in [1.807, 2.05) is 18.2 Å². The summed E-state index contributed by atoms with van der Waals surface area (Å²) in [5, 5.41) is 17.7. The monoisotopic (exact) mass is 302 g/mol. The molecule has 0 bridgehead atoms. The van der Waals surface area contributed by atoms with Crippen LogP contribution >= 0.6 is 11.8 Å². The summed E-state index contributed by atoms with van der Waals surface area (Å²) in [6.45, 7) is 1.77. The predicted octanol–water partition coefficient (Wildman–Crippen LogP) is 3.47. The van der Waals surface area contributed by atoms with Gasteiger partial charge in [0.25, 0.3) is 0 Å². The summed E-state index contributed by atoms with van der Waals surface area (Å²) in [5.41, 5.74) is 1.77. The van der Waals surface area contributed by atoms with E-state index in [9.17, 15) is 9.59 Å². The van der Waals surface area contributed by atoms with Crippen LogP contribution in [0.3, 0.4) is 0 Å². The highest BCUT2D eigenvalue weighted by Crippen LogP contribution is 2.29.